The van der Waals surface area contributed by atoms with Crippen molar-refractivity contribution < 1.29 is 14.3 Å². The number of morpholine rings is 1. The zero-order valence-electron chi connectivity index (χ0n) is 11.4. The first-order valence-electron chi connectivity index (χ1n) is 6.89. The second-order valence-electron chi connectivity index (χ2n) is 5.30. The number of hydrogen-bond acceptors (Lipinski definition) is 4. The highest BCUT2D eigenvalue weighted by molar-refractivity contribution is 5.79. The Labute approximate surface area is 109 Å². The maximum absolute atomic E-state index is 12.2. The van der Waals surface area contributed by atoms with Crippen molar-refractivity contribution in [1.82, 2.24) is 10.2 Å². The lowest BCUT2D eigenvalue weighted by Crippen LogP contribution is -2.55. The van der Waals surface area contributed by atoms with Gasteiger partial charge in [-0.3, -0.25) is 4.79 Å². The van der Waals surface area contributed by atoms with E-state index in [4.69, 9.17) is 9.47 Å². The van der Waals surface area contributed by atoms with Gasteiger partial charge in [0.1, 0.15) is 0 Å². The Balaban J connectivity index is 1.72. The monoisotopic (exact) mass is 256 g/mol. The van der Waals surface area contributed by atoms with Crippen LogP contribution in [0.4, 0.5) is 0 Å². The molecule has 3 atom stereocenters. The molecule has 2 saturated heterocycles. The van der Waals surface area contributed by atoms with E-state index in [1.54, 1.807) is 0 Å². The molecule has 0 aromatic rings. The van der Waals surface area contributed by atoms with Crippen molar-refractivity contribution in [3.63, 3.8) is 0 Å². The van der Waals surface area contributed by atoms with Crippen LogP contribution in [0.15, 0.2) is 0 Å². The predicted molar refractivity (Wildman–Crippen MR) is 68.4 cm³/mol. The van der Waals surface area contributed by atoms with E-state index in [0.29, 0.717) is 19.8 Å². The van der Waals surface area contributed by atoms with Crippen LogP contribution in [0.25, 0.3) is 0 Å². The van der Waals surface area contributed by atoms with Gasteiger partial charge in [-0.2, -0.15) is 0 Å². The Bertz CT molecular complexity index is 269. The number of nitrogens with one attached hydrogen (secondary N) is 1. The first-order chi connectivity index (χ1) is 8.68. The molecule has 0 radical (unpaired) electrons. The summed E-state index contributed by atoms with van der Waals surface area (Å²) in [7, 11) is 0. The predicted octanol–water partition coefficient (Wildman–Crippen LogP) is 0.391. The maximum Gasteiger partial charge on any atom is 0.237 e. The third-order valence-corrected chi connectivity index (χ3v) is 3.63. The summed E-state index contributed by atoms with van der Waals surface area (Å²) in [5.41, 5.74) is 0. The minimum Gasteiger partial charge on any atom is -0.377 e. The highest BCUT2D eigenvalue weighted by Gasteiger charge is 2.29. The third kappa shape index (κ3) is 3.43. The van der Waals surface area contributed by atoms with Gasteiger partial charge in [0.15, 0.2) is 0 Å². The normalized spacial score (nSPS) is 32.8. The lowest BCUT2D eigenvalue weighted by atomic mass is 10.1. The van der Waals surface area contributed by atoms with Crippen LogP contribution in [0.1, 0.15) is 26.7 Å². The smallest absolute Gasteiger partial charge is 0.237 e. The van der Waals surface area contributed by atoms with Crippen LogP contribution < -0.4 is 5.32 Å². The second-order valence-corrected chi connectivity index (χ2v) is 5.30. The van der Waals surface area contributed by atoms with Crippen LogP contribution in [0.5, 0.6) is 0 Å². The second kappa shape index (κ2) is 6.50. The lowest BCUT2D eigenvalue weighted by Gasteiger charge is -2.38. The van der Waals surface area contributed by atoms with Gasteiger partial charge < -0.3 is 19.7 Å². The average molecular weight is 256 g/mol. The molecule has 0 aliphatic carbocycles. The summed E-state index contributed by atoms with van der Waals surface area (Å²) in [6.45, 7) is 7.39. The molecule has 2 aliphatic heterocycles. The summed E-state index contributed by atoms with van der Waals surface area (Å²) in [5, 5.41) is 3.21. The molecule has 0 unspecified atom stereocenters. The van der Waals surface area contributed by atoms with Gasteiger partial charge in [0.2, 0.25) is 5.91 Å². The minimum atomic E-state index is 0.163. The molecule has 5 nitrogen and oxygen atoms in total. The van der Waals surface area contributed by atoms with Crippen LogP contribution in [-0.2, 0) is 14.3 Å². The number of amides is 1. The third-order valence-electron chi connectivity index (χ3n) is 3.63. The van der Waals surface area contributed by atoms with Crippen LogP contribution in [0.3, 0.4) is 0 Å². The highest BCUT2D eigenvalue weighted by atomic mass is 16.5. The molecule has 2 heterocycles. The summed E-state index contributed by atoms with van der Waals surface area (Å²) >= 11 is 0. The van der Waals surface area contributed by atoms with E-state index in [2.05, 4.69) is 5.32 Å². The SMILES string of the molecule is C[C@@H]1COC[C@@H](C)N1C(=O)CNC[C@@H]1CCCO1. The molecule has 2 rings (SSSR count). The van der Waals surface area contributed by atoms with E-state index >= 15 is 0 Å². The van der Waals surface area contributed by atoms with Crippen molar-refractivity contribution >= 4 is 5.91 Å². The molecule has 2 aliphatic rings. The quantitative estimate of drug-likeness (QED) is 0.790. The molecule has 1 amide bonds. The fourth-order valence-electron chi connectivity index (χ4n) is 2.73. The van der Waals surface area contributed by atoms with Crippen LogP contribution in [-0.4, -0.2) is 61.9 Å². The summed E-state index contributed by atoms with van der Waals surface area (Å²) in [4.78, 5) is 14.1. The van der Waals surface area contributed by atoms with Gasteiger partial charge in [-0.15, -0.1) is 0 Å². The van der Waals surface area contributed by atoms with Gasteiger partial charge >= 0.3 is 0 Å². The Morgan fingerprint density at radius 2 is 2.06 bits per heavy atom. The Morgan fingerprint density at radius 1 is 1.33 bits per heavy atom. The minimum absolute atomic E-state index is 0.163. The summed E-state index contributed by atoms with van der Waals surface area (Å²) in [5.74, 6) is 0.163. The first-order valence-corrected chi connectivity index (χ1v) is 6.89. The molecule has 0 aromatic heterocycles. The molecule has 0 spiro atoms. The molecule has 0 aromatic carbocycles. The van der Waals surface area contributed by atoms with Crippen molar-refractivity contribution in [2.24, 2.45) is 0 Å². The number of carbonyl (C=O) groups excluding carboxylic acids is 1. The van der Waals surface area contributed by atoms with Gasteiger partial charge in [0.05, 0.1) is 37.9 Å². The summed E-state index contributed by atoms with van der Waals surface area (Å²) in [6.07, 6.45) is 2.53. The molecular formula is C13H24N2O3. The maximum atomic E-state index is 12.2. The summed E-state index contributed by atoms with van der Waals surface area (Å²) in [6, 6.07) is 0.344. The van der Waals surface area contributed by atoms with Crippen molar-refractivity contribution in [2.45, 2.75) is 44.9 Å². The molecule has 18 heavy (non-hydrogen) atoms. The van der Waals surface area contributed by atoms with Gasteiger partial charge in [-0.25, -0.2) is 0 Å². The fraction of sp³-hybridized carbons (Fsp3) is 0.923. The lowest BCUT2D eigenvalue weighted by molar-refractivity contribution is -0.143. The van der Waals surface area contributed by atoms with Crippen molar-refractivity contribution in [2.75, 3.05) is 32.9 Å². The standard InChI is InChI=1S/C13H24N2O3/c1-10-8-17-9-11(2)15(10)13(16)7-14-6-12-4-3-5-18-12/h10-12,14H,3-9H2,1-2H3/t10-,11-,12+/m1/s1. The average Bonchev–Trinajstić information content (AvgIpc) is 2.82. The number of ether oxygens (including phenoxy) is 2. The van der Waals surface area contributed by atoms with E-state index in [1.807, 2.05) is 18.7 Å². The van der Waals surface area contributed by atoms with Crippen LogP contribution in [0.2, 0.25) is 0 Å². The van der Waals surface area contributed by atoms with Crippen molar-refractivity contribution in [1.29, 1.82) is 0 Å². The van der Waals surface area contributed by atoms with E-state index in [0.717, 1.165) is 26.0 Å². The topological polar surface area (TPSA) is 50.8 Å². The summed E-state index contributed by atoms with van der Waals surface area (Å²) < 4.78 is 10.9. The fourth-order valence-corrected chi connectivity index (χ4v) is 2.73. The van der Waals surface area contributed by atoms with Gasteiger partial charge in [-0.05, 0) is 26.7 Å². The zero-order valence-corrected chi connectivity index (χ0v) is 11.4. The number of nitrogens with zero attached hydrogens (tertiary/aromatic N) is 1. The van der Waals surface area contributed by atoms with Gasteiger partial charge in [-0.1, -0.05) is 0 Å². The molecule has 5 heteroatoms. The molecular weight excluding hydrogens is 232 g/mol. The molecule has 104 valence electrons. The van der Waals surface area contributed by atoms with Gasteiger partial charge in [0.25, 0.3) is 0 Å². The first kappa shape index (κ1) is 13.8. The number of hydrogen-bond donors (Lipinski definition) is 1. The van der Waals surface area contributed by atoms with Crippen LogP contribution in [0, 0.1) is 0 Å². The van der Waals surface area contributed by atoms with E-state index in [-0.39, 0.29) is 24.1 Å². The van der Waals surface area contributed by atoms with E-state index in [1.165, 1.54) is 0 Å². The zero-order chi connectivity index (χ0) is 13.0. The largest absolute Gasteiger partial charge is 0.377 e. The Kier molecular flexibility index (Phi) is 4.97. The molecule has 0 bridgehead atoms. The van der Waals surface area contributed by atoms with E-state index < -0.39 is 0 Å². The molecule has 0 saturated carbocycles. The van der Waals surface area contributed by atoms with E-state index in [9.17, 15) is 4.79 Å². The molecule has 2 fully saturated rings. The molecule has 1 N–H and O–H groups in total. The Morgan fingerprint density at radius 3 is 2.67 bits per heavy atom. The highest BCUT2D eigenvalue weighted by Crippen LogP contribution is 2.13. The Hall–Kier alpha value is -0.650. The van der Waals surface area contributed by atoms with Gasteiger partial charge in [0, 0.05) is 13.2 Å². The van der Waals surface area contributed by atoms with Crippen LogP contribution >= 0.6 is 0 Å². The number of rotatable bonds is 4. The van der Waals surface area contributed by atoms with Crippen molar-refractivity contribution in [3.8, 4) is 0 Å². The van der Waals surface area contributed by atoms with Crippen molar-refractivity contribution in [3.05, 3.63) is 0 Å². The number of carbonyl (C=O) groups is 1.